The van der Waals surface area contributed by atoms with Crippen LogP contribution in [0.25, 0.3) is 0 Å². The number of hydrogen-bond donors (Lipinski definition) is 3. The molecule has 10 nitrogen and oxygen atoms in total. The zero-order valence-electron chi connectivity index (χ0n) is 19.1. The molecule has 2 aromatic rings. The van der Waals surface area contributed by atoms with E-state index in [2.05, 4.69) is 16.0 Å². The third-order valence-electron chi connectivity index (χ3n) is 4.01. The Balaban J connectivity index is 2.13. The van der Waals surface area contributed by atoms with Crippen molar-refractivity contribution in [1.82, 2.24) is 10.6 Å². The molecule has 11 heteroatoms. The van der Waals surface area contributed by atoms with Gasteiger partial charge in [-0.3, -0.25) is 14.9 Å². The third-order valence-corrected chi connectivity index (χ3v) is 4.88. The zero-order valence-corrected chi connectivity index (χ0v) is 19.9. The molecule has 4 amide bonds. The van der Waals surface area contributed by atoms with Crippen LogP contribution >= 0.6 is 11.3 Å². The first kappa shape index (κ1) is 25.7. The first-order valence-electron chi connectivity index (χ1n) is 9.89. The molecule has 0 unspecified atom stereocenters. The molecule has 0 atom stereocenters. The second-order valence-electron chi connectivity index (χ2n) is 7.89. The fourth-order valence-electron chi connectivity index (χ4n) is 2.66. The number of carbonyl (C=O) groups excluding carboxylic acids is 4. The number of hydrogen-bond acceptors (Lipinski definition) is 8. The number of anilines is 1. The summed E-state index contributed by atoms with van der Waals surface area (Å²) in [6.07, 6.45) is 0.117. The molecule has 0 spiro atoms. The van der Waals surface area contributed by atoms with Gasteiger partial charge in [-0.2, -0.15) is 0 Å². The fraction of sp³-hybridized carbons (Fsp3) is 0.364. The van der Waals surface area contributed by atoms with Crippen molar-refractivity contribution >= 4 is 40.8 Å². The molecule has 1 heterocycles. The number of benzene rings is 1. The van der Waals surface area contributed by atoms with E-state index in [1.807, 2.05) is 17.5 Å². The van der Waals surface area contributed by atoms with Crippen LogP contribution in [0.1, 0.15) is 36.0 Å². The third kappa shape index (κ3) is 8.11. The lowest BCUT2D eigenvalue weighted by atomic mass is 10.1. The summed E-state index contributed by atoms with van der Waals surface area (Å²) < 4.78 is 15.5. The summed E-state index contributed by atoms with van der Waals surface area (Å²) in [4.78, 5) is 49.8. The van der Waals surface area contributed by atoms with E-state index >= 15 is 0 Å². The van der Waals surface area contributed by atoms with Crippen molar-refractivity contribution in [2.45, 2.75) is 32.7 Å². The van der Waals surface area contributed by atoms with Gasteiger partial charge in [0.1, 0.15) is 0 Å². The lowest BCUT2D eigenvalue weighted by molar-refractivity contribution is -0.123. The van der Waals surface area contributed by atoms with Gasteiger partial charge in [0, 0.05) is 22.5 Å². The Morgan fingerprint density at radius 2 is 1.67 bits per heavy atom. The molecule has 0 fully saturated rings. The van der Waals surface area contributed by atoms with E-state index in [1.54, 1.807) is 20.8 Å². The Morgan fingerprint density at radius 1 is 1.00 bits per heavy atom. The smallest absolute Gasteiger partial charge is 0.340 e. The van der Waals surface area contributed by atoms with Gasteiger partial charge in [0.15, 0.2) is 18.1 Å². The average molecular weight is 478 g/mol. The number of amides is 4. The van der Waals surface area contributed by atoms with Gasteiger partial charge in [-0.25, -0.2) is 9.59 Å². The lowest BCUT2D eigenvalue weighted by Crippen LogP contribution is -2.49. The van der Waals surface area contributed by atoms with Crippen molar-refractivity contribution in [3.63, 3.8) is 0 Å². The minimum atomic E-state index is -0.895. The number of nitrogens with one attached hydrogen (secondary N) is 3. The summed E-state index contributed by atoms with van der Waals surface area (Å²) in [6, 6.07) is 5.71. The molecule has 0 radical (unpaired) electrons. The quantitative estimate of drug-likeness (QED) is 0.498. The number of thiophene rings is 1. The molecule has 1 aromatic carbocycles. The summed E-state index contributed by atoms with van der Waals surface area (Å²) in [5, 5.41) is 9.16. The summed E-state index contributed by atoms with van der Waals surface area (Å²) in [5.41, 5.74) is -0.457. The van der Waals surface area contributed by atoms with Crippen LogP contribution in [0.2, 0.25) is 0 Å². The Bertz CT molecular complexity index is 1010. The largest absolute Gasteiger partial charge is 0.493 e. The molecule has 0 bridgehead atoms. The highest BCUT2D eigenvalue weighted by Crippen LogP contribution is 2.34. The highest BCUT2D eigenvalue weighted by atomic mass is 32.1. The van der Waals surface area contributed by atoms with E-state index in [1.165, 1.54) is 37.7 Å². The van der Waals surface area contributed by atoms with Crippen molar-refractivity contribution in [3.05, 3.63) is 40.1 Å². The first-order chi connectivity index (χ1) is 15.5. The highest BCUT2D eigenvalue weighted by molar-refractivity contribution is 7.10. The van der Waals surface area contributed by atoms with Crippen molar-refractivity contribution < 1.29 is 33.4 Å². The maximum absolute atomic E-state index is 12.7. The monoisotopic (exact) mass is 477 g/mol. The molecule has 33 heavy (non-hydrogen) atoms. The Morgan fingerprint density at radius 3 is 2.24 bits per heavy atom. The van der Waals surface area contributed by atoms with Gasteiger partial charge in [-0.05, 0) is 32.2 Å². The number of ether oxygens (including phenoxy) is 3. The molecule has 0 aliphatic rings. The molecule has 178 valence electrons. The van der Waals surface area contributed by atoms with Crippen LogP contribution in [0, 0.1) is 0 Å². The number of urea groups is 1. The zero-order chi connectivity index (χ0) is 24.6. The van der Waals surface area contributed by atoms with Crippen LogP contribution in [-0.2, 0) is 20.7 Å². The fourth-order valence-corrected chi connectivity index (χ4v) is 3.36. The van der Waals surface area contributed by atoms with Gasteiger partial charge in [0.25, 0.3) is 5.91 Å². The number of methoxy groups -OCH3 is 2. The molecule has 2 rings (SSSR count). The Kier molecular flexibility index (Phi) is 8.80. The maximum Gasteiger partial charge on any atom is 0.340 e. The summed E-state index contributed by atoms with van der Waals surface area (Å²) >= 11 is 1.43. The van der Waals surface area contributed by atoms with Gasteiger partial charge >= 0.3 is 12.0 Å². The van der Waals surface area contributed by atoms with Crippen molar-refractivity contribution in [1.29, 1.82) is 0 Å². The number of esters is 1. The van der Waals surface area contributed by atoms with Crippen LogP contribution in [0.5, 0.6) is 11.5 Å². The van der Waals surface area contributed by atoms with E-state index in [0.717, 1.165) is 4.88 Å². The van der Waals surface area contributed by atoms with Crippen LogP contribution in [0.15, 0.2) is 29.6 Å². The van der Waals surface area contributed by atoms with Crippen LogP contribution in [0.4, 0.5) is 10.5 Å². The SMILES string of the molecule is COc1cc(NC(=O)Cc2cccs2)c(C(=O)OCC(=O)NC(=O)NC(C)(C)C)cc1OC. The Hall–Kier alpha value is -3.60. The van der Waals surface area contributed by atoms with E-state index in [-0.39, 0.29) is 35.1 Å². The molecule has 0 aliphatic carbocycles. The molecule has 3 N–H and O–H groups in total. The van der Waals surface area contributed by atoms with Crippen LogP contribution in [-0.4, -0.2) is 50.2 Å². The maximum atomic E-state index is 12.7. The highest BCUT2D eigenvalue weighted by Gasteiger charge is 2.22. The van der Waals surface area contributed by atoms with Crippen LogP contribution < -0.4 is 25.4 Å². The molecule has 1 aromatic heterocycles. The average Bonchev–Trinajstić information content (AvgIpc) is 3.22. The molecular formula is C22H27N3O7S. The van der Waals surface area contributed by atoms with Gasteiger partial charge in [-0.15, -0.1) is 11.3 Å². The van der Waals surface area contributed by atoms with Gasteiger partial charge in [0.2, 0.25) is 5.91 Å². The topological polar surface area (TPSA) is 132 Å². The second-order valence-corrected chi connectivity index (χ2v) is 8.92. The lowest BCUT2D eigenvalue weighted by Gasteiger charge is -2.20. The van der Waals surface area contributed by atoms with Crippen molar-refractivity contribution in [2.75, 3.05) is 26.1 Å². The first-order valence-corrected chi connectivity index (χ1v) is 10.8. The summed E-state index contributed by atoms with van der Waals surface area (Å²) in [5.74, 6) is -1.54. The number of rotatable bonds is 8. The minimum absolute atomic E-state index is 0.0425. The van der Waals surface area contributed by atoms with Crippen LogP contribution in [0.3, 0.4) is 0 Å². The van der Waals surface area contributed by atoms with Gasteiger partial charge in [0.05, 0.1) is 31.9 Å². The predicted molar refractivity (Wildman–Crippen MR) is 123 cm³/mol. The standard InChI is InChI=1S/C22H27N3O7S/c1-22(2,3)25-21(29)24-19(27)12-32-20(28)14-10-16(30-4)17(31-5)11-15(14)23-18(26)9-13-7-6-8-33-13/h6-8,10-11H,9,12H2,1-5H3,(H,23,26)(H2,24,25,27,29). The molecule has 0 saturated heterocycles. The Labute approximate surface area is 195 Å². The summed E-state index contributed by atoms with van der Waals surface area (Å²) in [7, 11) is 2.81. The molecule has 0 aliphatic heterocycles. The van der Waals surface area contributed by atoms with E-state index in [9.17, 15) is 19.2 Å². The van der Waals surface area contributed by atoms with Crippen molar-refractivity contribution in [3.8, 4) is 11.5 Å². The van der Waals surface area contributed by atoms with E-state index in [4.69, 9.17) is 14.2 Å². The molecule has 0 saturated carbocycles. The van der Waals surface area contributed by atoms with E-state index in [0.29, 0.717) is 0 Å². The second kappa shape index (κ2) is 11.3. The molecular weight excluding hydrogens is 450 g/mol. The van der Waals surface area contributed by atoms with Gasteiger partial charge in [-0.1, -0.05) is 6.07 Å². The van der Waals surface area contributed by atoms with Crippen molar-refractivity contribution in [2.24, 2.45) is 0 Å². The van der Waals surface area contributed by atoms with E-state index < -0.39 is 30.1 Å². The number of imide groups is 1. The minimum Gasteiger partial charge on any atom is -0.493 e. The number of carbonyl (C=O) groups is 4. The normalized spacial score (nSPS) is 10.7. The summed E-state index contributed by atoms with van der Waals surface area (Å²) in [6.45, 7) is 4.56. The van der Waals surface area contributed by atoms with Gasteiger partial charge < -0.3 is 24.8 Å². The predicted octanol–water partition coefficient (Wildman–Crippen LogP) is 2.73.